The highest BCUT2D eigenvalue weighted by atomic mass is 32.2. The Bertz CT molecular complexity index is 502. The predicted molar refractivity (Wildman–Crippen MR) is 87.4 cm³/mol. The summed E-state index contributed by atoms with van der Waals surface area (Å²) < 4.78 is 0. The molecular formula is C16H21NS2. The van der Waals surface area contributed by atoms with Crippen molar-refractivity contribution in [3.05, 3.63) is 51.7 Å². The summed E-state index contributed by atoms with van der Waals surface area (Å²) in [6.45, 7) is 7.53. The quantitative estimate of drug-likeness (QED) is 0.762. The fourth-order valence-electron chi connectivity index (χ4n) is 2.17. The summed E-state index contributed by atoms with van der Waals surface area (Å²) in [5, 5.41) is 5.77. The summed E-state index contributed by atoms with van der Waals surface area (Å²) >= 11 is 3.73. The van der Waals surface area contributed by atoms with E-state index in [0.717, 1.165) is 12.3 Å². The van der Waals surface area contributed by atoms with Crippen LogP contribution in [0.4, 0.5) is 0 Å². The van der Waals surface area contributed by atoms with E-state index in [1.54, 1.807) is 0 Å². The van der Waals surface area contributed by atoms with Gasteiger partial charge in [-0.3, -0.25) is 0 Å². The number of aryl methyl sites for hydroxylation is 1. The molecule has 1 heterocycles. The molecule has 0 fully saturated rings. The van der Waals surface area contributed by atoms with Crippen LogP contribution in [0.25, 0.3) is 0 Å². The highest BCUT2D eigenvalue weighted by Gasteiger charge is 2.16. The van der Waals surface area contributed by atoms with Gasteiger partial charge >= 0.3 is 0 Å². The molecule has 0 spiro atoms. The Hall–Kier alpha value is -0.770. The first kappa shape index (κ1) is 14.6. The molecule has 0 saturated heterocycles. The zero-order chi connectivity index (χ0) is 13.7. The van der Waals surface area contributed by atoms with Gasteiger partial charge in [0.2, 0.25) is 0 Å². The van der Waals surface area contributed by atoms with E-state index >= 15 is 0 Å². The van der Waals surface area contributed by atoms with E-state index in [0.29, 0.717) is 6.04 Å². The minimum absolute atomic E-state index is 0.325. The standard InChI is InChI=1S/C16H21NS2/c1-4-17-15(16-12(3)10-11-19-16)13-6-8-14(9-7-13)18-5-2/h6-11,15,17H,4-5H2,1-3H3. The molecule has 0 aliphatic heterocycles. The maximum atomic E-state index is 3.60. The third-order valence-electron chi connectivity index (χ3n) is 3.10. The third kappa shape index (κ3) is 3.62. The van der Waals surface area contributed by atoms with E-state index in [4.69, 9.17) is 0 Å². The summed E-state index contributed by atoms with van der Waals surface area (Å²) in [6, 6.07) is 11.5. The van der Waals surface area contributed by atoms with Crippen LogP contribution < -0.4 is 5.32 Å². The van der Waals surface area contributed by atoms with Crippen LogP contribution in [0.2, 0.25) is 0 Å². The molecule has 0 radical (unpaired) electrons. The summed E-state index contributed by atoms with van der Waals surface area (Å²) in [7, 11) is 0. The summed E-state index contributed by atoms with van der Waals surface area (Å²) in [6.07, 6.45) is 0. The van der Waals surface area contributed by atoms with E-state index in [2.05, 4.69) is 61.8 Å². The molecular weight excluding hydrogens is 270 g/mol. The number of thioether (sulfide) groups is 1. The fraction of sp³-hybridized carbons (Fsp3) is 0.375. The summed E-state index contributed by atoms with van der Waals surface area (Å²) in [4.78, 5) is 2.78. The molecule has 2 rings (SSSR count). The van der Waals surface area contributed by atoms with Gasteiger partial charge in [-0.15, -0.1) is 23.1 Å². The molecule has 0 aliphatic carbocycles. The molecule has 0 aliphatic rings. The number of benzene rings is 1. The van der Waals surface area contributed by atoms with Crippen molar-refractivity contribution in [1.82, 2.24) is 5.32 Å². The van der Waals surface area contributed by atoms with Crippen LogP contribution in [0, 0.1) is 6.92 Å². The normalized spacial score (nSPS) is 12.6. The molecule has 19 heavy (non-hydrogen) atoms. The number of hydrogen-bond acceptors (Lipinski definition) is 3. The third-order valence-corrected chi connectivity index (χ3v) is 5.07. The van der Waals surface area contributed by atoms with Crippen molar-refractivity contribution >= 4 is 23.1 Å². The van der Waals surface area contributed by atoms with E-state index in [9.17, 15) is 0 Å². The Morgan fingerprint density at radius 2 is 1.89 bits per heavy atom. The van der Waals surface area contributed by atoms with E-state index in [1.807, 2.05) is 23.1 Å². The maximum absolute atomic E-state index is 3.60. The first-order valence-electron chi connectivity index (χ1n) is 6.76. The first-order chi connectivity index (χ1) is 9.26. The molecule has 2 aromatic rings. The van der Waals surface area contributed by atoms with Gasteiger partial charge in [0.05, 0.1) is 6.04 Å². The van der Waals surface area contributed by atoms with Crippen LogP contribution >= 0.6 is 23.1 Å². The van der Waals surface area contributed by atoms with Crippen molar-refractivity contribution in [3.63, 3.8) is 0 Å². The van der Waals surface area contributed by atoms with E-state index < -0.39 is 0 Å². The average molecular weight is 291 g/mol. The van der Waals surface area contributed by atoms with Crippen LogP contribution in [0.5, 0.6) is 0 Å². The van der Waals surface area contributed by atoms with Crippen molar-refractivity contribution in [1.29, 1.82) is 0 Å². The lowest BCUT2D eigenvalue weighted by atomic mass is 10.0. The van der Waals surface area contributed by atoms with Crippen LogP contribution in [-0.4, -0.2) is 12.3 Å². The van der Waals surface area contributed by atoms with Gasteiger partial charge in [0.25, 0.3) is 0 Å². The molecule has 0 bridgehead atoms. The second-order valence-corrected chi connectivity index (χ2v) is 6.75. The Balaban J connectivity index is 2.26. The molecule has 1 unspecified atom stereocenters. The van der Waals surface area contributed by atoms with Gasteiger partial charge in [0, 0.05) is 9.77 Å². The Morgan fingerprint density at radius 1 is 1.16 bits per heavy atom. The molecule has 1 atom stereocenters. The zero-order valence-electron chi connectivity index (χ0n) is 11.8. The topological polar surface area (TPSA) is 12.0 Å². The van der Waals surface area contributed by atoms with Gasteiger partial charge in [-0.25, -0.2) is 0 Å². The van der Waals surface area contributed by atoms with Crippen LogP contribution in [-0.2, 0) is 0 Å². The predicted octanol–water partition coefficient (Wildman–Crippen LogP) is 4.87. The van der Waals surface area contributed by atoms with Crippen molar-refractivity contribution in [2.45, 2.75) is 31.7 Å². The second kappa shape index (κ2) is 7.13. The van der Waals surface area contributed by atoms with Crippen LogP contribution in [0.15, 0.2) is 40.6 Å². The number of rotatable bonds is 6. The fourth-order valence-corrected chi connectivity index (χ4v) is 3.86. The molecule has 0 amide bonds. The monoisotopic (exact) mass is 291 g/mol. The molecule has 102 valence electrons. The van der Waals surface area contributed by atoms with E-state index in [1.165, 1.54) is 20.9 Å². The largest absolute Gasteiger partial charge is 0.306 e. The minimum atomic E-state index is 0.325. The molecule has 1 N–H and O–H groups in total. The van der Waals surface area contributed by atoms with Crippen LogP contribution in [0.1, 0.15) is 35.9 Å². The SMILES string of the molecule is CCNC(c1ccc(SCC)cc1)c1sccc1C. The lowest BCUT2D eigenvalue weighted by Gasteiger charge is -2.18. The Morgan fingerprint density at radius 3 is 2.42 bits per heavy atom. The molecule has 1 aromatic heterocycles. The number of hydrogen-bond donors (Lipinski definition) is 1. The van der Waals surface area contributed by atoms with Gasteiger partial charge in [0.15, 0.2) is 0 Å². The van der Waals surface area contributed by atoms with Gasteiger partial charge in [0.1, 0.15) is 0 Å². The van der Waals surface area contributed by atoms with Gasteiger partial charge in [-0.05, 0) is 53.9 Å². The minimum Gasteiger partial charge on any atom is -0.306 e. The Kier molecular flexibility index (Phi) is 5.49. The lowest BCUT2D eigenvalue weighted by Crippen LogP contribution is -2.21. The molecule has 3 heteroatoms. The first-order valence-corrected chi connectivity index (χ1v) is 8.63. The smallest absolute Gasteiger partial charge is 0.0673 e. The summed E-state index contributed by atoms with van der Waals surface area (Å²) in [5.74, 6) is 1.13. The second-order valence-electron chi connectivity index (χ2n) is 4.46. The molecule has 0 saturated carbocycles. The lowest BCUT2D eigenvalue weighted by molar-refractivity contribution is 0.637. The van der Waals surface area contributed by atoms with Crippen molar-refractivity contribution in [3.8, 4) is 0 Å². The zero-order valence-corrected chi connectivity index (χ0v) is 13.4. The summed E-state index contributed by atoms with van der Waals surface area (Å²) in [5.41, 5.74) is 2.73. The van der Waals surface area contributed by atoms with Crippen LogP contribution in [0.3, 0.4) is 0 Å². The van der Waals surface area contributed by atoms with Gasteiger partial charge in [-0.1, -0.05) is 26.0 Å². The van der Waals surface area contributed by atoms with Gasteiger partial charge in [-0.2, -0.15) is 0 Å². The number of thiophene rings is 1. The van der Waals surface area contributed by atoms with Crippen molar-refractivity contribution < 1.29 is 0 Å². The molecule has 1 aromatic carbocycles. The molecule has 1 nitrogen and oxygen atoms in total. The van der Waals surface area contributed by atoms with Crippen molar-refractivity contribution in [2.24, 2.45) is 0 Å². The highest BCUT2D eigenvalue weighted by Crippen LogP contribution is 2.30. The average Bonchev–Trinajstić information content (AvgIpc) is 2.84. The van der Waals surface area contributed by atoms with E-state index in [-0.39, 0.29) is 0 Å². The highest BCUT2D eigenvalue weighted by molar-refractivity contribution is 7.99. The van der Waals surface area contributed by atoms with Gasteiger partial charge < -0.3 is 5.32 Å². The Labute approximate surface area is 124 Å². The number of nitrogens with one attached hydrogen (secondary N) is 1. The van der Waals surface area contributed by atoms with Crippen molar-refractivity contribution in [2.75, 3.05) is 12.3 Å². The maximum Gasteiger partial charge on any atom is 0.0673 e.